The Balaban J connectivity index is 1.91. The van der Waals surface area contributed by atoms with E-state index in [-0.39, 0.29) is 19.6 Å². The molecule has 1 heterocycles. The van der Waals surface area contributed by atoms with E-state index >= 15 is 0 Å². The standard InChI is InChI=1S/C15H18N2O5/c18-11-16-15(8-13(19)20)6-7-17(10-15)14(21)22-9-12-4-2-1-3-5-12/h1-5,11H,6-10H2,(H,16,18)(H,19,20). The van der Waals surface area contributed by atoms with Gasteiger partial charge in [-0.3, -0.25) is 9.59 Å². The maximum atomic E-state index is 12.0. The van der Waals surface area contributed by atoms with Crippen molar-refractivity contribution in [2.45, 2.75) is 25.0 Å². The van der Waals surface area contributed by atoms with E-state index in [2.05, 4.69) is 5.32 Å². The molecule has 22 heavy (non-hydrogen) atoms. The molecule has 1 saturated heterocycles. The van der Waals surface area contributed by atoms with Crippen LogP contribution in [0.2, 0.25) is 0 Å². The van der Waals surface area contributed by atoms with Gasteiger partial charge < -0.3 is 20.1 Å². The summed E-state index contributed by atoms with van der Waals surface area (Å²) >= 11 is 0. The molecule has 118 valence electrons. The Kier molecular flexibility index (Phi) is 4.98. The number of carboxylic acids is 1. The highest BCUT2D eigenvalue weighted by Gasteiger charge is 2.42. The number of carbonyl (C=O) groups is 3. The first-order chi connectivity index (χ1) is 10.5. The van der Waals surface area contributed by atoms with Crippen molar-refractivity contribution in [1.29, 1.82) is 0 Å². The van der Waals surface area contributed by atoms with Gasteiger partial charge in [-0.15, -0.1) is 0 Å². The second kappa shape index (κ2) is 6.93. The van der Waals surface area contributed by atoms with Crippen molar-refractivity contribution in [2.24, 2.45) is 0 Å². The molecule has 1 unspecified atom stereocenters. The molecule has 0 saturated carbocycles. The molecule has 1 aliphatic heterocycles. The predicted molar refractivity (Wildman–Crippen MR) is 77.0 cm³/mol. The van der Waals surface area contributed by atoms with Gasteiger partial charge in [-0.1, -0.05) is 30.3 Å². The molecule has 1 aliphatic rings. The van der Waals surface area contributed by atoms with Crippen LogP contribution in [0, 0.1) is 0 Å². The number of benzene rings is 1. The Hall–Kier alpha value is -2.57. The lowest BCUT2D eigenvalue weighted by molar-refractivity contribution is -0.138. The summed E-state index contributed by atoms with van der Waals surface area (Å²) in [4.78, 5) is 35.1. The number of hydrogen-bond donors (Lipinski definition) is 2. The quantitative estimate of drug-likeness (QED) is 0.764. The Morgan fingerprint density at radius 1 is 1.36 bits per heavy atom. The number of carbonyl (C=O) groups excluding carboxylic acids is 2. The number of rotatable bonds is 6. The fourth-order valence-corrected chi connectivity index (χ4v) is 2.57. The highest BCUT2D eigenvalue weighted by Crippen LogP contribution is 2.25. The minimum Gasteiger partial charge on any atom is -0.481 e. The van der Waals surface area contributed by atoms with Gasteiger partial charge in [-0.05, 0) is 12.0 Å². The van der Waals surface area contributed by atoms with E-state index in [1.54, 1.807) is 0 Å². The van der Waals surface area contributed by atoms with Gasteiger partial charge in [0.1, 0.15) is 6.61 Å². The highest BCUT2D eigenvalue weighted by atomic mass is 16.6. The minimum atomic E-state index is -1.02. The van der Waals surface area contributed by atoms with E-state index in [1.807, 2.05) is 30.3 Å². The molecular weight excluding hydrogens is 288 g/mol. The molecule has 1 aromatic carbocycles. The summed E-state index contributed by atoms with van der Waals surface area (Å²) in [5, 5.41) is 11.5. The number of hydrogen-bond acceptors (Lipinski definition) is 4. The first-order valence-corrected chi connectivity index (χ1v) is 6.93. The molecule has 1 fully saturated rings. The molecule has 0 radical (unpaired) electrons. The Bertz CT molecular complexity index is 548. The van der Waals surface area contributed by atoms with E-state index in [1.165, 1.54) is 4.90 Å². The number of amides is 2. The van der Waals surface area contributed by atoms with Gasteiger partial charge >= 0.3 is 12.1 Å². The van der Waals surface area contributed by atoms with E-state index in [0.29, 0.717) is 19.4 Å². The van der Waals surface area contributed by atoms with E-state index < -0.39 is 17.6 Å². The summed E-state index contributed by atoms with van der Waals surface area (Å²) in [6.45, 7) is 0.636. The van der Waals surface area contributed by atoms with Crippen LogP contribution in [0.1, 0.15) is 18.4 Å². The van der Waals surface area contributed by atoms with E-state index in [4.69, 9.17) is 9.84 Å². The Labute approximate surface area is 127 Å². The van der Waals surface area contributed by atoms with Crippen LogP contribution in [0.4, 0.5) is 4.79 Å². The summed E-state index contributed by atoms with van der Waals surface area (Å²) in [5.41, 5.74) is -0.0443. The van der Waals surface area contributed by atoms with Crippen LogP contribution in [0.3, 0.4) is 0 Å². The lowest BCUT2D eigenvalue weighted by Crippen LogP contribution is -2.49. The third kappa shape index (κ3) is 3.97. The molecule has 1 aromatic rings. The molecule has 0 bridgehead atoms. The Morgan fingerprint density at radius 3 is 2.73 bits per heavy atom. The van der Waals surface area contributed by atoms with Crippen molar-refractivity contribution in [3.63, 3.8) is 0 Å². The van der Waals surface area contributed by atoms with Crippen LogP contribution in [-0.4, -0.2) is 47.1 Å². The zero-order valence-corrected chi connectivity index (χ0v) is 12.0. The summed E-state index contributed by atoms with van der Waals surface area (Å²) in [6, 6.07) is 9.27. The van der Waals surface area contributed by atoms with Crippen LogP contribution < -0.4 is 5.32 Å². The van der Waals surface area contributed by atoms with Crippen LogP contribution in [0.15, 0.2) is 30.3 Å². The first-order valence-electron chi connectivity index (χ1n) is 6.93. The number of aliphatic carboxylic acids is 1. The van der Waals surface area contributed by atoms with Crippen LogP contribution in [0.5, 0.6) is 0 Å². The average Bonchev–Trinajstić information content (AvgIpc) is 2.89. The van der Waals surface area contributed by atoms with Crippen molar-refractivity contribution in [3.8, 4) is 0 Å². The molecule has 2 rings (SSSR count). The van der Waals surface area contributed by atoms with Crippen molar-refractivity contribution >= 4 is 18.5 Å². The third-order valence-electron chi connectivity index (χ3n) is 3.67. The summed E-state index contributed by atoms with van der Waals surface area (Å²) in [7, 11) is 0. The van der Waals surface area contributed by atoms with Crippen molar-refractivity contribution in [3.05, 3.63) is 35.9 Å². The zero-order chi connectivity index (χ0) is 16.0. The summed E-state index contributed by atoms with van der Waals surface area (Å²) in [5.74, 6) is -1.02. The Morgan fingerprint density at radius 2 is 2.09 bits per heavy atom. The van der Waals surface area contributed by atoms with Crippen LogP contribution in [-0.2, 0) is 20.9 Å². The van der Waals surface area contributed by atoms with Gasteiger partial charge in [-0.2, -0.15) is 0 Å². The fourth-order valence-electron chi connectivity index (χ4n) is 2.57. The normalized spacial score (nSPS) is 20.5. The number of ether oxygens (including phenoxy) is 1. The monoisotopic (exact) mass is 306 g/mol. The molecule has 2 amide bonds. The lowest BCUT2D eigenvalue weighted by atomic mass is 9.94. The van der Waals surface area contributed by atoms with Gasteiger partial charge in [0.15, 0.2) is 0 Å². The topological polar surface area (TPSA) is 95.9 Å². The number of nitrogens with one attached hydrogen (secondary N) is 1. The number of carboxylic acid groups (broad SMARTS) is 1. The zero-order valence-electron chi connectivity index (χ0n) is 12.0. The molecule has 1 atom stereocenters. The lowest BCUT2D eigenvalue weighted by Gasteiger charge is -2.26. The summed E-state index contributed by atoms with van der Waals surface area (Å²) in [6.07, 6.45) is 0.123. The molecule has 0 aliphatic carbocycles. The second-order valence-corrected chi connectivity index (χ2v) is 5.32. The first kappa shape index (κ1) is 15.8. The van der Waals surface area contributed by atoms with Gasteiger partial charge in [0, 0.05) is 13.1 Å². The average molecular weight is 306 g/mol. The second-order valence-electron chi connectivity index (χ2n) is 5.32. The maximum Gasteiger partial charge on any atom is 0.410 e. The smallest absolute Gasteiger partial charge is 0.410 e. The highest BCUT2D eigenvalue weighted by molar-refractivity contribution is 5.72. The molecule has 7 heteroatoms. The number of likely N-dealkylation sites (tertiary alicyclic amines) is 1. The van der Waals surface area contributed by atoms with Crippen molar-refractivity contribution in [1.82, 2.24) is 10.2 Å². The van der Waals surface area contributed by atoms with Gasteiger partial charge in [0.05, 0.1) is 12.0 Å². The maximum absolute atomic E-state index is 12.0. The number of nitrogens with zero attached hydrogens (tertiary/aromatic N) is 1. The minimum absolute atomic E-state index is 0.131. The molecule has 2 N–H and O–H groups in total. The molecule has 7 nitrogen and oxygen atoms in total. The summed E-state index contributed by atoms with van der Waals surface area (Å²) < 4.78 is 5.21. The molecule has 0 aromatic heterocycles. The predicted octanol–water partition coefficient (Wildman–Crippen LogP) is 0.988. The van der Waals surface area contributed by atoms with E-state index in [0.717, 1.165) is 5.56 Å². The fraction of sp³-hybridized carbons (Fsp3) is 0.400. The van der Waals surface area contributed by atoms with Crippen molar-refractivity contribution in [2.75, 3.05) is 13.1 Å². The van der Waals surface area contributed by atoms with Crippen LogP contribution >= 0.6 is 0 Å². The SMILES string of the molecule is O=CNC1(CC(=O)O)CCN(C(=O)OCc2ccccc2)C1. The third-order valence-corrected chi connectivity index (χ3v) is 3.67. The molecule has 0 spiro atoms. The van der Waals surface area contributed by atoms with Crippen molar-refractivity contribution < 1.29 is 24.2 Å². The van der Waals surface area contributed by atoms with Gasteiger partial charge in [-0.25, -0.2) is 4.79 Å². The van der Waals surface area contributed by atoms with Crippen LogP contribution in [0.25, 0.3) is 0 Å². The van der Waals surface area contributed by atoms with Gasteiger partial charge in [0.2, 0.25) is 6.41 Å². The van der Waals surface area contributed by atoms with E-state index in [9.17, 15) is 14.4 Å². The largest absolute Gasteiger partial charge is 0.481 e. The molecular formula is C15H18N2O5. The van der Waals surface area contributed by atoms with Gasteiger partial charge in [0.25, 0.3) is 0 Å².